The van der Waals surface area contributed by atoms with Crippen LogP contribution in [-0.4, -0.2) is 21.8 Å². The van der Waals surface area contributed by atoms with Crippen LogP contribution in [0.1, 0.15) is 26.6 Å². The van der Waals surface area contributed by atoms with Gasteiger partial charge >= 0.3 is 0 Å². The number of carbonyl (C=O) groups excluding carboxylic acids is 2. The fourth-order valence-corrected chi connectivity index (χ4v) is 3.58. The Morgan fingerprint density at radius 3 is 2.48 bits per heavy atom. The maximum Gasteiger partial charge on any atom is 0.276 e. The number of aryl methyl sites for hydroxylation is 2. The van der Waals surface area contributed by atoms with Gasteiger partial charge < -0.3 is 5.32 Å². The van der Waals surface area contributed by atoms with Crippen molar-refractivity contribution in [2.24, 2.45) is 0 Å². The number of thiazole rings is 2. The van der Waals surface area contributed by atoms with E-state index in [0.29, 0.717) is 10.3 Å². The Bertz CT molecular complexity index is 883. The van der Waals surface area contributed by atoms with Gasteiger partial charge in [0.1, 0.15) is 5.69 Å². The van der Waals surface area contributed by atoms with Crippen LogP contribution in [0.15, 0.2) is 35.7 Å². The number of nitrogens with zero attached hydrogens (tertiary/aromatic N) is 2. The van der Waals surface area contributed by atoms with Crippen LogP contribution >= 0.6 is 22.7 Å². The smallest absolute Gasteiger partial charge is 0.276 e. The monoisotopic (exact) mass is 372 g/mol. The van der Waals surface area contributed by atoms with Crippen molar-refractivity contribution in [3.8, 4) is 0 Å². The molecule has 25 heavy (non-hydrogen) atoms. The molecular formula is C17H16N4O2S2. The van der Waals surface area contributed by atoms with Gasteiger partial charge in [-0.3, -0.25) is 14.9 Å². The first-order chi connectivity index (χ1) is 12.0. The van der Waals surface area contributed by atoms with Crippen molar-refractivity contribution in [2.45, 2.75) is 20.3 Å². The minimum absolute atomic E-state index is 0.168. The minimum Gasteiger partial charge on any atom is -0.302 e. The summed E-state index contributed by atoms with van der Waals surface area (Å²) in [6.45, 7) is 3.84. The van der Waals surface area contributed by atoms with Crippen LogP contribution in [0.3, 0.4) is 0 Å². The van der Waals surface area contributed by atoms with E-state index in [0.717, 1.165) is 16.1 Å². The Hall–Kier alpha value is -2.58. The van der Waals surface area contributed by atoms with Gasteiger partial charge in [0.05, 0.1) is 12.1 Å². The van der Waals surface area contributed by atoms with Gasteiger partial charge in [0.15, 0.2) is 10.3 Å². The summed E-state index contributed by atoms with van der Waals surface area (Å²) in [5.41, 5.74) is 2.07. The number of aromatic nitrogens is 2. The zero-order chi connectivity index (χ0) is 17.8. The van der Waals surface area contributed by atoms with Crippen LogP contribution in [0.5, 0.6) is 0 Å². The van der Waals surface area contributed by atoms with Crippen LogP contribution in [0.25, 0.3) is 0 Å². The summed E-state index contributed by atoms with van der Waals surface area (Å²) in [6, 6.07) is 9.45. The van der Waals surface area contributed by atoms with E-state index in [1.165, 1.54) is 22.7 Å². The predicted octanol–water partition coefficient (Wildman–Crippen LogP) is 3.65. The normalized spacial score (nSPS) is 10.5. The van der Waals surface area contributed by atoms with Crippen LogP contribution < -0.4 is 10.6 Å². The summed E-state index contributed by atoms with van der Waals surface area (Å²) >= 11 is 2.63. The molecule has 0 aliphatic rings. The molecule has 0 radical (unpaired) electrons. The van der Waals surface area contributed by atoms with E-state index in [2.05, 4.69) is 20.6 Å². The molecule has 0 saturated heterocycles. The van der Waals surface area contributed by atoms with Crippen molar-refractivity contribution in [2.75, 3.05) is 10.6 Å². The predicted molar refractivity (Wildman–Crippen MR) is 100 cm³/mol. The first kappa shape index (κ1) is 17.2. The lowest BCUT2D eigenvalue weighted by atomic mass is 10.1. The average molecular weight is 372 g/mol. The number of rotatable bonds is 5. The van der Waals surface area contributed by atoms with Crippen LogP contribution in [0, 0.1) is 13.8 Å². The first-order valence-corrected chi connectivity index (χ1v) is 9.25. The molecule has 8 heteroatoms. The van der Waals surface area contributed by atoms with Crippen molar-refractivity contribution in [3.63, 3.8) is 0 Å². The number of carbonyl (C=O) groups is 2. The lowest BCUT2D eigenvalue weighted by molar-refractivity contribution is -0.115. The first-order valence-electron chi connectivity index (χ1n) is 7.56. The van der Waals surface area contributed by atoms with Crippen LogP contribution in [0.4, 0.5) is 10.3 Å². The number of hydrogen-bond acceptors (Lipinski definition) is 6. The number of amides is 2. The third kappa shape index (κ3) is 4.49. The van der Waals surface area contributed by atoms with Crippen molar-refractivity contribution >= 4 is 44.8 Å². The lowest BCUT2D eigenvalue weighted by Gasteiger charge is -2.01. The van der Waals surface area contributed by atoms with Crippen molar-refractivity contribution in [3.05, 3.63) is 57.5 Å². The Morgan fingerprint density at radius 1 is 1.04 bits per heavy atom. The highest BCUT2D eigenvalue weighted by Crippen LogP contribution is 2.22. The number of benzene rings is 1. The van der Waals surface area contributed by atoms with E-state index in [1.54, 1.807) is 5.38 Å². The largest absolute Gasteiger partial charge is 0.302 e. The lowest BCUT2D eigenvalue weighted by Crippen LogP contribution is -2.15. The summed E-state index contributed by atoms with van der Waals surface area (Å²) in [5.74, 6) is -0.507. The molecule has 0 spiro atoms. The van der Waals surface area contributed by atoms with Gasteiger partial charge in [0, 0.05) is 10.3 Å². The highest BCUT2D eigenvalue weighted by Gasteiger charge is 2.15. The standard InChI is InChI=1S/C17H16N4O2S2/c1-10-11(2)25-17(18-10)21-15(23)13-9-24-16(19-13)20-14(22)8-12-6-4-3-5-7-12/h3-7,9H,8H2,1-2H3,(H,18,21,23)(H,19,20,22). The van der Waals surface area contributed by atoms with Crippen LogP contribution in [0.2, 0.25) is 0 Å². The molecule has 2 amide bonds. The molecule has 0 bridgehead atoms. The second-order valence-corrected chi connectivity index (χ2v) is 7.42. The molecule has 6 nitrogen and oxygen atoms in total. The Balaban J connectivity index is 1.59. The molecule has 128 valence electrons. The SMILES string of the molecule is Cc1nc(NC(=O)c2csc(NC(=O)Cc3ccccc3)n2)sc1C. The molecule has 0 atom stereocenters. The zero-order valence-electron chi connectivity index (χ0n) is 13.7. The van der Waals surface area contributed by atoms with Gasteiger partial charge in [0.25, 0.3) is 5.91 Å². The van der Waals surface area contributed by atoms with Gasteiger partial charge in [-0.2, -0.15) is 0 Å². The highest BCUT2D eigenvalue weighted by atomic mass is 32.1. The summed E-state index contributed by atoms with van der Waals surface area (Å²) < 4.78 is 0. The van der Waals surface area contributed by atoms with E-state index in [9.17, 15) is 9.59 Å². The van der Waals surface area contributed by atoms with Crippen LogP contribution in [-0.2, 0) is 11.2 Å². The molecule has 0 unspecified atom stereocenters. The van der Waals surface area contributed by atoms with Gasteiger partial charge in [0.2, 0.25) is 5.91 Å². The summed E-state index contributed by atoms with van der Waals surface area (Å²) in [4.78, 5) is 33.7. The fourth-order valence-electron chi connectivity index (χ4n) is 2.07. The number of anilines is 2. The van der Waals surface area contributed by atoms with Crippen molar-refractivity contribution in [1.29, 1.82) is 0 Å². The summed E-state index contributed by atoms with van der Waals surface area (Å²) in [5, 5.41) is 8.00. The molecule has 1 aromatic carbocycles. The molecule has 0 aliphatic carbocycles. The molecule has 2 N–H and O–H groups in total. The van der Waals surface area contributed by atoms with Gasteiger partial charge in [-0.25, -0.2) is 9.97 Å². The maximum atomic E-state index is 12.2. The van der Waals surface area contributed by atoms with Gasteiger partial charge in [-0.1, -0.05) is 30.3 Å². The molecular weight excluding hydrogens is 356 g/mol. The highest BCUT2D eigenvalue weighted by molar-refractivity contribution is 7.16. The minimum atomic E-state index is -0.339. The molecule has 0 fully saturated rings. The Kier molecular flexibility index (Phi) is 5.20. The third-order valence-corrected chi connectivity index (χ3v) is 5.19. The molecule has 0 aliphatic heterocycles. The van der Waals surface area contributed by atoms with E-state index >= 15 is 0 Å². The summed E-state index contributed by atoms with van der Waals surface area (Å²) in [6.07, 6.45) is 0.264. The van der Waals surface area contributed by atoms with E-state index in [1.807, 2.05) is 44.2 Å². The quantitative estimate of drug-likeness (QED) is 0.716. The van der Waals surface area contributed by atoms with E-state index in [4.69, 9.17) is 0 Å². The van der Waals surface area contributed by atoms with Crippen molar-refractivity contribution in [1.82, 2.24) is 9.97 Å². The molecule has 2 aromatic heterocycles. The Morgan fingerprint density at radius 2 is 1.80 bits per heavy atom. The average Bonchev–Trinajstić information content (AvgIpc) is 3.15. The van der Waals surface area contributed by atoms with E-state index in [-0.39, 0.29) is 23.9 Å². The molecule has 3 aromatic rings. The maximum absolute atomic E-state index is 12.2. The Labute approximate surface area is 153 Å². The molecule has 2 heterocycles. The van der Waals surface area contributed by atoms with Gasteiger partial charge in [-0.05, 0) is 19.4 Å². The number of nitrogens with one attached hydrogen (secondary N) is 2. The third-order valence-electron chi connectivity index (χ3n) is 3.44. The van der Waals surface area contributed by atoms with Gasteiger partial charge in [-0.15, -0.1) is 22.7 Å². The van der Waals surface area contributed by atoms with Crippen molar-refractivity contribution < 1.29 is 9.59 Å². The molecule has 0 saturated carbocycles. The second-order valence-electron chi connectivity index (χ2n) is 5.36. The second kappa shape index (κ2) is 7.54. The topological polar surface area (TPSA) is 84.0 Å². The summed E-state index contributed by atoms with van der Waals surface area (Å²) in [7, 11) is 0. The fraction of sp³-hybridized carbons (Fsp3) is 0.176. The molecule has 3 rings (SSSR count). The number of hydrogen-bond donors (Lipinski definition) is 2. The van der Waals surface area contributed by atoms with E-state index < -0.39 is 0 Å². The zero-order valence-corrected chi connectivity index (χ0v) is 15.3.